The van der Waals surface area contributed by atoms with Crippen LogP contribution >= 0.6 is 0 Å². The van der Waals surface area contributed by atoms with Crippen molar-refractivity contribution in [3.63, 3.8) is 0 Å². The zero-order valence-corrected chi connectivity index (χ0v) is 6.65. The summed E-state index contributed by atoms with van der Waals surface area (Å²) in [5.74, 6) is 0.553. The second-order valence-corrected chi connectivity index (χ2v) is 3.52. The molecular weight excluding hydrogens is 124 g/mol. The van der Waals surface area contributed by atoms with Crippen LogP contribution in [0.5, 0.6) is 0 Å². The lowest BCUT2D eigenvalue weighted by Gasteiger charge is -2.22. The van der Waals surface area contributed by atoms with Crippen LogP contribution in [0.3, 0.4) is 0 Å². The first-order valence-corrected chi connectivity index (χ1v) is 3.79. The molecule has 56 valence electrons. The van der Waals surface area contributed by atoms with Crippen molar-refractivity contribution < 1.29 is 0 Å². The molecule has 0 aromatic heterocycles. The number of hydrogen-bond acceptors (Lipinski definition) is 2. The molecule has 0 spiro atoms. The van der Waals surface area contributed by atoms with Gasteiger partial charge in [-0.3, -0.25) is 0 Å². The molecule has 0 aromatic rings. The minimum atomic E-state index is -0.135. The largest absolute Gasteiger partial charge is 0.316 e. The second kappa shape index (κ2) is 2.59. The van der Waals surface area contributed by atoms with Gasteiger partial charge in [0.25, 0.3) is 0 Å². The van der Waals surface area contributed by atoms with E-state index in [-0.39, 0.29) is 5.41 Å². The molecule has 0 saturated carbocycles. The summed E-state index contributed by atoms with van der Waals surface area (Å²) in [7, 11) is 0. The fourth-order valence-corrected chi connectivity index (χ4v) is 1.36. The van der Waals surface area contributed by atoms with Gasteiger partial charge in [0.2, 0.25) is 0 Å². The predicted octanol–water partition coefficient (Wildman–Crippen LogP) is 1.15. The van der Waals surface area contributed by atoms with E-state index >= 15 is 0 Å². The van der Waals surface area contributed by atoms with Gasteiger partial charge < -0.3 is 5.32 Å². The molecule has 2 nitrogen and oxygen atoms in total. The fourth-order valence-electron chi connectivity index (χ4n) is 1.36. The number of rotatable bonds is 1. The van der Waals surface area contributed by atoms with Crippen LogP contribution in [0, 0.1) is 22.7 Å². The molecule has 0 amide bonds. The Morgan fingerprint density at radius 1 is 1.60 bits per heavy atom. The molecule has 0 radical (unpaired) electrons. The highest BCUT2D eigenvalue weighted by Gasteiger charge is 2.31. The molecule has 1 saturated heterocycles. The molecule has 1 rings (SSSR count). The molecule has 1 aliphatic rings. The fraction of sp³-hybridized carbons (Fsp3) is 0.875. The molecule has 0 bridgehead atoms. The van der Waals surface area contributed by atoms with Crippen molar-refractivity contribution in [3.8, 4) is 6.07 Å². The van der Waals surface area contributed by atoms with Crippen LogP contribution in [0.15, 0.2) is 0 Å². The van der Waals surface area contributed by atoms with Crippen molar-refractivity contribution in [2.45, 2.75) is 20.3 Å². The molecule has 1 aliphatic heterocycles. The average Bonchev–Trinajstić information content (AvgIpc) is 2.38. The van der Waals surface area contributed by atoms with E-state index in [1.165, 1.54) is 0 Å². The highest BCUT2D eigenvalue weighted by molar-refractivity contribution is 4.99. The Morgan fingerprint density at radius 3 is 2.70 bits per heavy atom. The molecular formula is C8H14N2. The van der Waals surface area contributed by atoms with Gasteiger partial charge in [-0.25, -0.2) is 0 Å². The predicted molar refractivity (Wildman–Crippen MR) is 40.4 cm³/mol. The van der Waals surface area contributed by atoms with E-state index in [1.807, 2.05) is 13.8 Å². The molecule has 0 aromatic carbocycles. The third-order valence-electron chi connectivity index (χ3n) is 2.37. The van der Waals surface area contributed by atoms with Gasteiger partial charge in [0.15, 0.2) is 0 Å². The zero-order chi connectivity index (χ0) is 7.61. The van der Waals surface area contributed by atoms with Crippen molar-refractivity contribution in [2.24, 2.45) is 11.3 Å². The van der Waals surface area contributed by atoms with Crippen LogP contribution in [0.1, 0.15) is 20.3 Å². The Hall–Kier alpha value is -0.550. The smallest absolute Gasteiger partial charge is 0.0687 e. The molecule has 10 heavy (non-hydrogen) atoms. The van der Waals surface area contributed by atoms with E-state index in [1.54, 1.807) is 0 Å². The van der Waals surface area contributed by atoms with Gasteiger partial charge in [-0.15, -0.1) is 0 Å². The van der Waals surface area contributed by atoms with Crippen molar-refractivity contribution in [2.75, 3.05) is 13.1 Å². The van der Waals surface area contributed by atoms with Gasteiger partial charge in [0.05, 0.1) is 11.5 Å². The number of nitriles is 1. The van der Waals surface area contributed by atoms with E-state index in [0.717, 1.165) is 19.5 Å². The average molecular weight is 138 g/mol. The Morgan fingerprint density at radius 2 is 2.30 bits per heavy atom. The van der Waals surface area contributed by atoms with Crippen LogP contribution in [0.2, 0.25) is 0 Å². The van der Waals surface area contributed by atoms with Crippen LogP contribution in [-0.2, 0) is 0 Å². The molecule has 0 aliphatic carbocycles. The van der Waals surface area contributed by atoms with E-state index in [0.29, 0.717) is 5.92 Å². The summed E-state index contributed by atoms with van der Waals surface area (Å²) in [6.45, 7) is 6.13. The van der Waals surface area contributed by atoms with Gasteiger partial charge in [-0.05, 0) is 39.3 Å². The van der Waals surface area contributed by atoms with Gasteiger partial charge in [-0.1, -0.05) is 0 Å². The third-order valence-corrected chi connectivity index (χ3v) is 2.37. The summed E-state index contributed by atoms with van der Waals surface area (Å²) in [4.78, 5) is 0. The Balaban J connectivity index is 2.56. The topological polar surface area (TPSA) is 35.8 Å². The summed E-state index contributed by atoms with van der Waals surface area (Å²) in [6.07, 6.45) is 1.15. The highest BCUT2D eigenvalue weighted by Crippen LogP contribution is 2.29. The summed E-state index contributed by atoms with van der Waals surface area (Å²) >= 11 is 0. The molecule has 1 atom stereocenters. The summed E-state index contributed by atoms with van der Waals surface area (Å²) in [5.41, 5.74) is -0.135. The lowest BCUT2D eigenvalue weighted by molar-refractivity contribution is 0.318. The number of hydrogen-bond donors (Lipinski definition) is 1. The van der Waals surface area contributed by atoms with Crippen LogP contribution in [0.4, 0.5) is 0 Å². The standard InChI is InChI=1S/C8H14N2/c1-8(2,6-9)7-3-4-10-5-7/h7,10H,3-5H2,1-2H3. The molecule has 1 fully saturated rings. The quantitative estimate of drug-likeness (QED) is 0.590. The van der Waals surface area contributed by atoms with Gasteiger partial charge in [-0.2, -0.15) is 5.26 Å². The minimum absolute atomic E-state index is 0.135. The maximum atomic E-state index is 8.78. The second-order valence-electron chi connectivity index (χ2n) is 3.52. The van der Waals surface area contributed by atoms with Crippen LogP contribution in [0.25, 0.3) is 0 Å². The van der Waals surface area contributed by atoms with E-state index in [9.17, 15) is 0 Å². The normalized spacial score (nSPS) is 26.3. The summed E-state index contributed by atoms with van der Waals surface area (Å²) in [5, 5.41) is 12.0. The maximum absolute atomic E-state index is 8.78. The summed E-state index contributed by atoms with van der Waals surface area (Å²) < 4.78 is 0. The first-order valence-electron chi connectivity index (χ1n) is 3.79. The SMILES string of the molecule is CC(C)(C#N)C1CCNC1. The lowest BCUT2D eigenvalue weighted by Crippen LogP contribution is -2.24. The Kier molecular flexibility index (Phi) is 1.96. The maximum Gasteiger partial charge on any atom is 0.0687 e. The third kappa shape index (κ3) is 1.30. The molecule has 1 N–H and O–H groups in total. The molecule has 1 heterocycles. The van der Waals surface area contributed by atoms with E-state index < -0.39 is 0 Å². The van der Waals surface area contributed by atoms with Crippen LogP contribution < -0.4 is 5.32 Å². The first-order chi connectivity index (χ1) is 4.67. The Bertz CT molecular complexity index is 149. The van der Waals surface area contributed by atoms with Gasteiger partial charge in [0.1, 0.15) is 0 Å². The highest BCUT2D eigenvalue weighted by atomic mass is 14.9. The monoisotopic (exact) mass is 138 g/mol. The van der Waals surface area contributed by atoms with Crippen molar-refractivity contribution in [1.82, 2.24) is 5.32 Å². The van der Waals surface area contributed by atoms with Crippen LogP contribution in [-0.4, -0.2) is 13.1 Å². The Labute approximate surface area is 62.2 Å². The lowest BCUT2D eigenvalue weighted by atomic mass is 9.80. The molecule has 2 heteroatoms. The first kappa shape index (κ1) is 7.56. The van der Waals surface area contributed by atoms with Gasteiger partial charge >= 0.3 is 0 Å². The van der Waals surface area contributed by atoms with E-state index in [2.05, 4.69) is 11.4 Å². The minimum Gasteiger partial charge on any atom is -0.316 e. The summed E-state index contributed by atoms with van der Waals surface area (Å²) in [6, 6.07) is 2.34. The van der Waals surface area contributed by atoms with Crippen molar-refractivity contribution in [3.05, 3.63) is 0 Å². The number of nitrogens with zero attached hydrogens (tertiary/aromatic N) is 1. The van der Waals surface area contributed by atoms with E-state index in [4.69, 9.17) is 5.26 Å². The van der Waals surface area contributed by atoms with Crippen molar-refractivity contribution in [1.29, 1.82) is 5.26 Å². The zero-order valence-electron chi connectivity index (χ0n) is 6.65. The molecule has 1 unspecified atom stereocenters. The van der Waals surface area contributed by atoms with Gasteiger partial charge in [0, 0.05) is 0 Å². The number of nitrogens with one attached hydrogen (secondary N) is 1. The van der Waals surface area contributed by atoms with Crippen molar-refractivity contribution >= 4 is 0 Å².